The van der Waals surface area contributed by atoms with Crippen LogP contribution in [0.25, 0.3) is 11.2 Å². The van der Waals surface area contributed by atoms with Crippen LogP contribution in [0.5, 0.6) is 0 Å². The number of hydrogen-bond acceptors (Lipinski definition) is 5. The first kappa shape index (κ1) is 19.8. The average molecular weight is 409 g/mol. The molecule has 0 aliphatic carbocycles. The quantitative estimate of drug-likeness (QED) is 0.643. The Morgan fingerprint density at radius 2 is 1.86 bits per heavy atom. The van der Waals surface area contributed by atoms with Crippen LogP contribution in [0.15, 0.2) is 32.9 Å². The zero-order chi connectivity index (χ0) is 20.6. The maximum atomic E-state index is 13.6. The Bertz CT molecular complexity index is 1200. The van der Waals surface area contributed by atoms with Gasteiger partial charge >= 0.3 is 5.69 Å². The zero-order valence-corrected chi connectivity index (χ0v) is 16.1. The number of thioether (sulfide) groups is 1. The molecule has 1 N–H and O–H groups in total. The van der Waals surface area contributed by atoms with Crippen molar-refractivity contribution in [2.24, 2.45) is 21.1 Å². The number of benzene rings is 1. The van der Waals surface area contributed by atoms with E-state index >= 15 is 0 Å². The van der Waals surface area contributed by atoms with E-state index in [9.17, 15) is 23.2 Å². The Balaban J connectivity index is 1.72. The Morgan fingerprint density at radius 1 is 1.14 bits per heavy atom. The van der Waals surface area contributed by atoms with Gasteiger partial charge in [0, 0.05) is 39.4 Å². The summed E-state index contributed by atoms with van der Waals surface area (Å²) in [5.41, 5.74) is -0.513. The second kappa shape index (κ2) is 7.58. The molecule has 3 rings (SSSR count). The Kier molecular flexibility index (Phi) is 5.36. The Labute approximate surface area is 161 Å². The molecule has 1 aromatic carbocycles. The van der Waals surface area contributed by atoms with Crippen molar-refractivity contribution in [2.45, 2.75) is 11.6 Å². The SMILES string of the molecule is Cn1c(=O)c2nc(SCCC(=O)Nc3ccc(F)cc3F)n(C)c2n(C)c1=O. The number of aryl methyl sites for hydroxylation is 2. The van der Waals surface area contributed by atoms with Crippen molar-refractivity contribution in [1.82, 2.24) is 18.7 Å². The van der Waals surface area contributed by atoms with E-state index in [0.717, 1.165) is 16.7 Å². The van der Waals surface area contributed by atoms with Gasteiger partial charge in [0.2, 0.25) is 5.91 Å². The van der Waals surface area contributed by atoms with Crippen molar-refractivity contribution in [1.29, 1.82) is 0 Å². The van der Waals surface area contributed by atoms with Crippen molar-refractivity contribution >= 4 is 34.5 Å². The predicted octanol–water partition coefficient (Wildman–Crippen LogP) is 1.37. The number of fused-ring (bicyclic) bond motifs is 1. The van der Waals surface area contributed by atoms with E-state index in [1.165, 1.54) is 23.4 Å². The van der Waals surface area contributed by atoms with Crippen molar-refractivity contribution in [2.75, 3.05) is 11.1 Å². The van der Waals surface area contributed by atoms with Crippen LogP contribution in [0.4, 0.5) is 14.5 Å². The highest BCUT2D eigenvalue weighted by molar-refractivity contribution is 7.99. The lowest BCUT2D eigenvalue weighted by atomic mass is 10.3. The van der Waals surface area contributed by atoms with Gasteiger partial charge in [-0.3, -0.25) is 18.7 Å². The van der Waals surface area contributed by atoms with Crippen LogP contribution in [-0.2, 0) is 25.9 Å². The van der Waals surface area contributed by atoms with E-state index < -0.39 is 28.8 Å². The number of hydrogen-bond donors (Lipinski definition) is 1. The van der Waals surface area contributed by atoms with E-state index in [-0.39, 0.29) is 17.6 Å². The van der Waals surface area contributed by atoms with Gasteiger partial charge in [0.25, 0.3) is 5.56 Å². The number of nitrogens with zero attached hydrogens (tertiary/aromatic N) is 4. The number of carbonyl (C=O) groups is 1. The van der Waals surface area contributed by atoms with Gasteiger partial charge < -0.3 is 9.88 Å². The summed E-state index contributed by atoms with van der Waals surface area (Å²) in [4.78, 5) is 40.6. The fourth-order valence-corrected chi connectivity index (χ4v) is 3.63. The number of amides is 1. The van der Waals surface area contributed by atoms with E-state index in [1.807, 2.05) is 0 Å². The highest BCUT2D eigenvalue weighted by Crippen LogP contribution is 2.21. The molecule has 0 saturated carbocycles. The molecule has 2 heterocycles. The third-order valence-electron chi connectivity index (χ3n) is 4.19. The minimum Gasteiger partial charge on any atom is -0.324 e. The lowest BCUT2D eigenvalue weighted by Crippen LogP contribution is -2.37. The van der Waals surface area contributed by atoms with Gasteiger partial charge in [-0.25, -0.2) is 18.6 Å². The minimum atomic E-state index is -0.854. The zero-order valence-electron chi connectivity index (χ0n) is 15.3. The average Bonchev–Trinajstić information content (AvgIpc) is 2.97. The summed E-state index contributed by atoms with van der Waals surface area (Å²) in [6.45, 7) is 0. The number of nitrogens with one attached hydrogen (secondary N) is 1. The smallest absolute Gasteiger partial charge is 0.324 e. The van der Waals surface area contributed by atoms with Gasteiger partial charge in [0.05, 0.1) is 5.69 Å². The molecule has 0 bridgehead atoms. The molecule has 0 atom stereocenters. The fraction of sp³-hybridized carbons (Fsp3) is 0.294. The first-order valence-corrected chi connectivity index (χ1v) is 9.19. The van der Waals surface area contributed by atoms with Crippen molar-refractivity contribution in [3.05, 3.63) is 50.7 Å². The molecule has 0 spiro atoms. The normalized spacial score (nSPS) is 11.2. The molecule has 1 amide bonds. The van der Waals surface area contributed by atoms with Gasteiger partial charge in [-0.1, -0.05) is 11.8 Å². The van der Waals surface area contributed by atoms with Gasteiger partial charge in [-0.15, -0.1) is 0 Å². The summed E-state index contributed by atoms with van der Waals surface area (Å²) in [7, 11) is 4.60. The van der Waals surface area contributed by atoms with E-state index in [1.54, 1.807) is 18.7 Å². The molecule has 0 aliphatic rings. The molecule has 0 aliphatic heterocycles. The molecule has 0 saturated heterocycles. The monoisotopic (exact) mass is 409 g/mol. The molecule has 0 unspecified atom stereocenters. The van der Waals surface area contributed by atoms with E-state index in [2.05, 4.69) is 10.3 Å². The first-order chi connectivity index (χ1) is 13.2. The second-order valence-electron chi connectivity index (χ2n) is 6.10. The third-order valence-corrected chi connectivity index (χ3v) is 5.22. The Hall–Kier alpha value is -2.95. The molecular weight excluding hydrogens is 392 g/mol. The minimum absolute atomic E-state index is 0.0433. The van der Waals surface area contributed by atoms with Crippen molar-refractivity contribution in [3.8, 4) is 0 Å². The molecule has 8 nitrogen and oxygen atoms in total. The summed E-state index contributed by atoms with van der Waals surface area (Å²) in [5, 5.41) is 2.84. The summed E-state index contributed by atoms with van der Waals surface area (Å²) in [5.74, 6) is -1.72. The lowest BCUT2D eigenvalue weighted by molar-refractivity contribution is -0.115. The summed E-state index contributed by atoms with van der Waals surface area (Å²) >= 11 is 1.22. The number of rotatable bonds is 5. The van der Waals surface area contributed by atoms with Crippen LogP contribution in [0, 0.1) is 11.6 Å². The topological polar surface area (TPSA) is 90.9 Å². The standard InChI is InChI=1S/C17H17F2N5O3S/c1-22-14-13(15(26)24(3)17(27)23(14)2)21-16(22)28-7-6-12(25)20-11-5-4-9(18)8-10(11)19/h4-5,8H,6-7H2,1-3H3,(H,20,25). The van der Waals surface area contributed by atoms with Gasteiger partial charge in [-0.2, -0.15) is 0 Å². The molecule has 0 fully saturated rings. The van der Waals surface area contributed by atoms with Crippen LogP contribution in [0.1, 0.15) is 6.42 Å². The highest BCUT2D eigenvalue weighted by atomic mass is 32.2. The summed E-state index contributed by atoms with van der Waals surface area (Å²) in [6, 6.07) is 2.89. The van der Waals surface area contributed by atoms with Crippen molar-refractivity contribution < 1.29 is 13.6 Å². The Morgan fingerprint density at radius 3 is 2.54 bits per heavy atom. The number of aromatic nitrogens is 4. The van der Waals surface area contributed by atoms with Gasteiger partial charge in [0.15, 0.2) is 16.3 Å². The number of carbonyl (C=O) groups excluding carboxylic acids is 1. The summed E-state index contributed by atoms with van der Waals surface area (Å²) in [6.07, 6.45) is 0.0433. The molecule has 28 heavy (non-hydrogen) atoms. The first-order valence-electron chi connectivity index (χ1n) is 8.21. The number of imidazole rings is 1. The third kappa shape index (κ3) is 3.57. The maximum absolute atomic E-state index is 13.6. The van der Waals surface area contributed by atoms with E-state index in [0.29, 0.717) is 22.6 Å². The largest absolute Gasteiger partial charge is 0.332 e. The molecule has 148 valence electrons. The van der Waals surface area contributed by atoms with Crippen LogP contribution in [0.3, 0.4) is 0 Å². The number of anilines is 1. The molecule has 3 aromatic rings. The van der Waals surface area contributed by atoms with Crippen LogP contribution >= 0.6 is 11.8 Å². The van der Waals surface area contributed by atoms with Crippen LogP contribution in [0.2, 0.25) is 0 Å². The molecule has 11 heteroatoms. The predicted molar refractivity (Wildman–Crippen MR) is 102 cm³/mol. The van der Waals surface area contributed by atoms with Crippen LogP contribution < -0.4 is 16.6 Å². The van der Waals surface area contributed by atoms with E-state index in [4.69, 9.17) is 0 Å². The molecular formula is C17H17F2N5O3S. The molecule has 0 radical (unpaired) electrons. The molecule has 2 aromatic heterocycles. The highest BCUT2D eigenvalue weighted by Gasteiger charge is 2.17. The lowest BCUT2D eigenvalue weighted by Gasteiger charge is -2.07. The van der Waals surface area contributed by atoms with Gasteiger partial charge in [-0.05, 0) is 12.1 Å². The number of halogens is 2. The van der Waals surface area contributed by atoms with Crippen molar-refractivity contribution in [3.63, 3.8) is 0 Å². The summed E-state index contributed by atoms with van der Waals surface area (Å²) < 4.78 is 30.4. The van der Waals surface area contributed by atoms with Gasteiger partial charge in [0.1, 0.15) is 11.6 Å². The van der Waals surface area contributed by atoms with Crippen LogP contribution in [-0.4, -0.2) is 30.3 Å². The fourth-order valence-electron chi connectivity index (χ4n) is 2.73. The second-order valence-corrected chi connectivity index (χ2v) is 7.16. The maximum Gasteiger partial charge on any atom is 0.332 e.